The van der Waals surface area contributed by atoms with Crippen molar-refractivity contribution in [2.75, 3.05) is 25.1 Å². The molecule has 1 rings (SSSR count). The minimum Gasteiger partial charge on any atom is -0.496 e. The predicted molar refractivity (Wildman–Crippen MR) is 85.5 cm³/mol. The van der Waals surface area contributed by atoms with E-state index in [0.29, 0.717) is 11.8 Å². The zero-order valence-corrected chi connectivity index (χ0v) is 13.7. The molecule has 0 bridgehead atoms. The highest BCUT2D eigenvalue weighted by molar-refractivity contribution is 5.60. The van der Waals surface area contributed by atoms with Gasteiger partial charge in [-0.2, -0.15) is 0 Å². The van der Waals surface area contributed by atoms with E-state index in [1.165, 1.54) is 0 Å². The number of methoxy groups -OCH3 is 1. The molecule has 114 valence electrons. The van der Waals surface area contributed by atoms with Crippen molar-refractivity contribution in [3.63, 3.8) is 0 Å². The Morgan fingerprint density at radius 1 is 1.05 bits per heavy atom. The molecule has 0 amide bonds. The number of rotatable bonds is 7. The Kier molecular flexibility index (Phi) is 6.34. The lowest BCUT2D eigenvalue weighted by atomic mass is 10.0. The Morgan fingerprint density at radius 3 is 2.00 bits per heavy atom. The van der Waals surface area contributed by atoms with E-state index in [9.17, 15) is 5.11 Å². The van der Waals surface area contributed by atoms with Gasteiger partial charge in [0.2, 0.25) is 0 Å². The number of anilines is 1. The highest BCUT2D eigenvalue weighted by Gasteiger charge is 2.20. The molecule has 0 fully saturated rings. The average Bonchev–Trinajstić information content (AvgIpc) is 2.35. The molecule has 0 aliphatic heterocycles. The van der Waals surface area contributed by atoms with Crippen molar-refractivity contribution >= 4 is 5.69 Å². The van der Waals surface area contributed by atoms with Gasteiger partial charge in [-0.3, -0.25) is 0 Å². The molecule has 0 heterocycles. The van der Waals surface area contributed by atoms with E-state index in [0.717, 1.165) is 30.1 Å². The Hall–Kier alpha value is -1.22. The molecule has 0 saturated carbocycles. The molecule has 3 heteroatoms. The van der Waals surface area contributed by atoms with Crippen molar-refractivity contribution in [2.24, 2.45) is 11.8 Å². The van der Waals surface area contributed by atoms with Gasteiger partial charge in [-0.05, 0) is 30.9 Å². The van der Waals surface area contributed by atoms with Crippen molar-refractivity contribution < 1.29 is 9.84 Å². The summed E-state index contributed by atoms with van der Waals surface area (Å²) >= 11 is 0. The molecule has 0 saturated heterocycles. The van der Waals surface area contributed by atoms with Crippen LogP contribution in [0.25, 0.3) is 0 Å². The zero-order chi connectivity index (χ0) is 15.3. The minimum absolute atomic E-state index is 0.539. The lowest BCUT2D eigenvalue weighted by Crippen LogP contribution is -2.32. The largest absolute Gasteiger partial charge is 0.496 e. The number of hydrogen-bond donors (Lipinski definition) is 1. The highest BCUT2D eigenvalue weighted by atomic mass is 16.5. The topological polar surface area (TPSA) is 32.7 Å². The van der Waals surface area contributed by atoms with Crippen LogP contribution in [-0.4, -0.2) is 25.3 Å². The number of hydrogen-bond acceptors (Lipinski definition) is 3. The monoisotopic (exact) mass is 279 g/mol. The lowest BCUT2D eigenvalue weighted by molar-refractivity contribution is 0.194. The molecular weight excluding hydrogens is 250 g/mol. The van der Waals surface area contributed by atoms with Gasteiger partial charge < -0.3 is 14.7 Å². The second kappa shape index (κ2) is 7.53. The summed E-state index contributed by atoms with van der Waals surface area (Å²) in [5.74, 6) is 1.90. The smallest absolute Gasteiger partial charge is 0.126 e. The van der Waals surface area contributed by atoms with Gasteiger partial charge in [-0.15, -0.1) is 0 Å². The first kappa shape index (κ1) is 16.8. The molecule has 0 aliphatic rings. The van der Waals surface area contributed by atoms with E-state index < -0.39 is 6.10 Å². The summed E-state index contributed by atoms with van der Waals surface area (Å²) < 4.78 is 5.42. The molecular formula is C17H29NO2. The summed E-state index contributed by atoms with van der Waals surface area (Å²) in [6.07, 6.45) is -0.539. The van der Waals surface area contributed by atoms with Crippen LogP contribution in [0.5, 0.6) is 5.75 Å². The quantitative estimate of drug-likeness (QED) is 0.822. The van der Waals surface area contributed by atoms with Crippen molar-refractivity contribution in [3.8, 4) is 5.75 Å². The molecule has 1 atom stereocenters. The van der Waals surface area contributed by atoms with Crippen LogP contribution in [0.15, 0.2) is 18.2 Å². The normalized spacial score (nSPS) is 12.8. The van der Waals surface area contributed by atoms with E-state index in [2.05, 4.69) is 38.7 Å². The fraction of sp³-hybridized carbons (Fsp3) is 0.647. The maximum absolute atomic E-state index is 10.1. The van der Waals surface area contributed by atoms with Crippen LogP contribution in [0, 0.1) is 11.8 Å². The summed E-state index contributed by atoms with van der Waals surface area (Å²) in [7, 11) is 1.65. The maximum atomic E-state index is 10.1. The summed E-state index contributed by atoms with van der Waals surface area (Å²) in [5, 5.41) is 10.1. The van der Waals surface area contributed by atoms with Gasteiger partial charge in [-0.1, -0.05) is 33.8 Å². The molecule has 0 radical (unpaired) electrons. The van der Waals surface area contributed by atoms with Crippen LogP contribution < -0.4 is 9.64 Å². The molecule has 20 heavy (non-hydrogen) atoms. The fourth-order valence-electron chi connectivity index (χ4n) is 2.56. The number of nitrogens with zero attached hydrogens (tertiary/aromatic N) is 1. The molecule has 0 spiro atoms. The summed E-state index contributed by atoms with van der Waals surface area (Å²) in [6.45, 7) is 12.6. The van der Waals surface area contributed by atoms with Crippen LogP contribution in [-0.2, 0) is 0 Å². The third-order valence-electron chi connectivity index (χ3n) is 3.19. The van der Waals surface area contributed by atoms with Gasteiger partial charge in [0.25, 0.3) is 0 Å². The summed E-state index contributed by atoms with van der Waals surface area (Å²) in [4.78, 5) is 2.36. The summed E-state index contributed by atoms with van der Waals surface area (Å²) in [5.41, 5.74) is 1.97. The first-order valence-electron chi connectivity index (χ1n) is 7.46. The predicted octanol–water partition coefficient (Wildman–Crippen LogP) is 3.87. The van der Waals surface area contributed by atoms with Gasteiger partial charge in [0.1, 0.15) is 5.75 Å². The first-order valence-corrected chi connectivity index (χ1v) is 7.46. The standard InChI is InChI=1S/C17H29NO2/c1-12(2)10-18(11-13(3)4)15-8-7-9-16(20-6)17(15)14(5)19/h7-9,12-14,19H,10-11H2,1-6H3/t14-/m1/s1. The first-order chi connectivity index (χ1) is 9.36. The zero-order valence-electron chi connectivity index (χ0n) is 13.7. The van der Waals surface area contributed by atoms with E-state index in [4.69, 9.17) is 4.74 Å². The fourth-order valence-corrected chi connectivity index (χ4v) is 2.56. The number of ether oxygens (including phenoxy) is 1. The molecule has 3 nitrogen and oxygen atoms in total. The van der Waals surface area contributed by atoms with E-state index in [1.54, 1.807) is 14.0 Å². The Labute approximate surface area is 123 Å². The second-order valence-corrected chi connectivity index (χ2v) is 6.26. The molecule has 0 aromatic heterocycles. The van der Waals surface area contributed by atoms with Crippen LogP contribution >= 0.6 is 0 Å². The summed E-state index contributed by atoms with van der Waals surface area (Å²) in [6, 6.07) is 5.98. The van der Waals surface area contributed by atoms with E-state index >= 15 is 0 Å². The number of aliphatic hydroxyl groups is 1. The number of benzene rings is 1. The minimum atomic E-state index is -0.539. The van der Waals surface area contributed by atoms with Gasteiger partial charge in [-0.25, -0.2) is 0 Å². The van der Waals surface area contributed by atoms with Crippen LogP contribution in [0.2, 0.25) is 0 Å². The Morgan fingerprint density at radius 2 is 1.60 bits per heavy atom. The third-order valence-corrected chi connectivity index (χ3v) is 3.19. The molecule has 0 unspecified atom stereocenters. The molecule has 1 aromatic carbocycles. The van der Waals surface area contributed by atoms with Crippen LogP contribution in [0.1, 0.15) is 46.3 Å². The molecule has 1 aromatic rings. The van der Waals surface area contributed by atoms with E-state index in [-0.39, 0.29) is 0 Å². The Balaban J connectivity index is 3.23. The van der Waals surface area contributed by atoms with Gasteiger partial charge in [0.05, 0.1) is 13.2 Å². The van der Waals surface area contributed by atoms with Crippen LogP contribution in [0.3, 0.4) is 0 Å². The van der Waals surface area contributed by atoms with Gasteiger partial charge in [0.15, 0.2) is 0 Å². The van der Waals surface area contributed by atoms with Crippen molar-refractivity contribution in [1.82, 2.24) is 0 Å². The maximum Gasteiger partial charge on any atom is 0.126 e. The second-order valence-electron chi connectivity index (χ2n) is 6.26. The Bertz CT molecular complexity index is 403. The SMILES string of the molecule is COc1cccc(N(CC(C)C)CC(C)C)c1[C@@H](C)O. The molecule has 0 aliphatic carbocycles. The number of aliphatic hydroxyl groups excluding tert-OH is 1. The van der Waals surface area contributed by atoms with Crippen molar-refractivity contribution in [3.05, 3.63) is 23.8 Å². The van der Waals surface area contributed by atoms with Gasteiger partial charge >= 0.3 is 0 Å². The highest BCUT2D eigenvalue weighted by Crippen LogP contribution is 2.35. The lowest BCUT2D eigenvalue weighted by Gasteiger charge is -2.31. The van der Waals surface area contributed by atoms with Crippen molar-refractivity contribution in [1.29, 1.82) is 0 Å². The van der Waals surface area contributed by atoms with Crippen molar-refractivity contribution in [2.45, 2.75) is 40.7 Å². The third kappa shape index (κ3) is 4.41. The van der Waals surface area contributed by atoms with Crippen LogP contribution in [0.4, 0.5) is 5.69 Å². The molecule has 1 N–H and O–H groups in total. The average molecular weight is 279 g/mol. The van der Waals surface area contributed by atoms with E-state index in [1.807, 2.05) is 12.1 Å². The van der Waals surface area contributed by atoms with Gasteiger partial charge in [0, 0.05) is 24.3 Å².